The zero-order chi connectivity index (χ0) is 16.5. The molecule has 1 aromatic heterocycles. The van der Waals surface area contributed by atoms with Crippen LogP contribution in [-0.4, -0.2) is 17.0 Å². The highest BCUT2D eigenvalue weighted by Gasteiger charge is 2.33. The summed E-state index contributed by atoms with van der Waals surface area (Å²) < 4.78 is 77.5. The molecule has 1 aromatic carbocycles. The van der Waals surface area contributed by atoms with E-state index >= 15 is 0 Å². The van der Waals surface area contributed by atoms with Crippen LogP contribution in [0.25, 0.3) is 0 Å². The molecule has 2 rings (SSSR count). The van der Waals surface area contributed by atoms with Gasteiger partial charge in [-0.3, -0.25) is 0 Å². The summed E-state index contributed by atoms with van der Waals surface area (Å²) in [5.41, 5.74) is -1.84. The Kier molecular flexibility index (Phi) is 4.11. The first-order valence-corrected chi connectivity index (χ1v) is 5.77. The first kappa shape index (κ1) is 15.9. The Labute approximate surface area is 120 Å². The van der Waals surface area contributed by atoms with Crippen LogP contribution < -0.4 is 10.6 Å². The van der Waals surface area contributed by atoms with Crippen LogP contribution in [0.3, 0.4) is 0 Å². The number of hydrogen-bond acceptors (Lipinski definition) is 4. The standard InChI is InChI=1S/C12H8F6N4/c1-19-11-21-7(12(16,17)18)4-8(22-11)20-6-3-2-5(13)9(14)10(6)15/h2-4H,1H3,(H2,19,20,21,22). The highest BCUT2D eigenvalue weighted by atomic mass is 19.4. The fourth-order valence-corrected chi connectivity index (χ4v) is 1.53. The fraction of sp³-hybridized carbons (Fsp3) is 0.167. The van der Waals surface area contributed by atoms with E-state index in [-0.39, 0.29) is 5.95 Å². The molecule has 22 heavy (non-hydrogen) atoms. The SMILES string of the molecule is CNc1nc(Nc2ccc(F)c(F)c2F)cc(C(F)(F)F)n1. The highest BCUT2D eigenvalue weighted by Crippen LogP contribution is 2.31. The molecule has 2 N–H and O–H groups in total. The quantitative estimate of drug-likeness (QED) is 0.668. The van der Waals surface area contributed by atoms with Gasteiger partial charge in [-0.15, -0.1) is 0 Å². The zero-order valence-electron chi connectivity index (χ0n) is 10.9. The third-order valence-corrected chi connectivity index (χ3v) is 2.54. The van der Waals surface area contributed by atoms with Gasteiger partial charge in [0.1, 0.15) is 5.82 Å². The molecule has 118 valence electrons. The number of rotatable bonds is 3. The topological polar surface area (TPSA) is 49.8 Å². The molecule has 0 unspecified atom stereocenters. The molecule has 0 atom stereocenters. The lowest BCUT2D eigenvalue weighted by atomic mass is 10.2. The third kappa shape index (κ3) is 3.21. The Bertz CT molecular complexity index is 701. The minimum absolute atomic E-state index is 0.375. The Morgan fingerprint density at radius 2 is 1.68 bits per heavy atom. The van der Waals surface area contributed by atoms with Crippen LogP contribution in [0, 0.1) is 17.5 Å². The van der Waals surface area contributed by atoms with Gasteiger partial charge in [0.15, 0.2) is 23.1 Å². The van der Waals surface area contributed by atoms with Crippen molar-refractivity contribution in [2.45, 2.75) is 6.18 Å². The minimum Gasteiger partial charge on any atom is -0.357 e. The van der Waals surface area contributed by atoms with Crippen LogP contribution in [0.5, 0.6) is 0 Å². The molecule has 0 spiro atoms. The number of benzene rings is 1. The van der Waals surface area contributed by atoms with E-state index in [4.69, 9.17) is 0 Å². The molecule has 0 fully saturated rings. The van der Waals surface area contributed by atoms with Crippen molar-refractivity contribution >= 4 is 17.5 Å². The van der Waals surface area contributed by atoms with E-state index < -0.39 is 40.8 Å². The Morgan fingerprint density at radius 1 is 1.00 bits per heavy atom. The van der Waals surface area contributed by atoms with Gasteiger partial charge in [-0.05, 0) is 12.1 Å². The maximum Gasteiger partial charge on any atom is 0.433 e. The van der Waals surface area contributed by atoms with E-state index in [1.165, 1.54) is 7.05 Å². The molecule has 0 aliphatic heterocycles. The van der Waals surface area contributed by atoms with E-state index in [1.54, 1.807) is 0 Å². The molecular formula is C12H8F6N4. The zero-order valence-corrected chi connectivity index (χ0v) is 10.9. The van der Waals surface area contributed by atoms with Crippen molar-refractivity contribution < 1.29 is 26.3 Å². The van der Waals surface area contributed by atoms with Crippen molar-refractivity contribution in [2.24, 2.45) is 0 Å². The van der Waals surface area contributed by atoms with Crippen molar-refractivity contribution in [2.75, 3.05) is 17.7 Å². The van der Waals surface area contributed by atoms with E-state index in [0.717, 1.165) is 6.07 Å². The molecule has 10 heteroatoms. The van der Waals surface area contributed by atoms with Gasteiger partial charge in [-0.1, -0.05) is 0 Å². The monoisotopic (exact) mass is 322 g/mol. The van der Waals surface area contributed by atoms with Crippen molar-refractivity contribution in [1.29, 1.82) is 0 Å². The molecule has 0 aliphatic rings. The number of aromatic nitrogens is 2. The van der Waals surface area contributed by atoms with Gasteiger partial charge in [0.25, 0.3) is 0 Å². The van der Waals surface area contributed by atoms with Crippen molar-refractivity contribution in [1.82, 2.24) is 9.97 Å². The van der Waals surface area contributed by atoms with E-state index in [2.05, 4.69) is 20.6 Å². The van der Waals surface area contributed by atoms with Crippen molar-refractivity contribution in [3.8, 4) is 0 Å². The van der Waals surface area contributed by atoms with Gasteiger partial charge < -0.3 is 10.6 Å². The molecule has 0 saturated heterocycles. The molecule has 2 aromatic rings. The largest absolute Gasteiger partial charge is 0.433 e. The van der Waals surface area contributed by atoms with Crippen LogP contribution in [0.1, 0.15) is 5.69 Å². The maximum atomic E-state index is 13.5. The van der Waals surface area contributed by atoms with E-state index in [9.17, 15) is 26.3 Å². The second-order valence-corrected chi connectivity index (χ2v) is 4.06. The Balaban J connectivity index is 2.43. The first-order valence-electron chi connectivity index (χ1n) is 5.77. The van der Waals surface area contributed by atoms with Crippen LogP contribution in [-0.2, 0) is 6.18 Å². The second kappa shape index (κ2) is 5.70. The van der Waals surface area contributed by atoms with Gasteiger partial charge in [-0.2, -0.15) is 18.2 Å². The summed E-state index contributed by atoms with van der Waals surface area (Å²) in [5.74, 6) is -5.54. The average Bonchev–Trinajstić information content (AvgIpc) is 2.46. The summed E-state index contributed by atoms with van der Waals surface area (Å²) >= 11 is 0. The molecule has 4 nitrogen and oxygen atoms in total. The lowest BCUT2D eigenvalue weighted by molar-refractivity contribution is -0.141. The first-order chi connectivity index (χ1) is 10.2. The summed E-state index contributed by atoms with van der Waals surface area (Å²) in [7, 11) is 1.29. The van der Waals surface area contributed by atoms with Crippen LogP contribution in [0.4, 0.5) is 43.8 Å². The summed E-state index contributed by atoms with van der Waals surface area (Å²) in [5, 5.41) is 4.47. The van der Waals surface area contributed by atoms with Gasteiger partial charge in [0, 0.05) is 13.1 Å². The third-order valence-electron chi connectivity index (χ3n) is 2.54. The van der Waals surface area contributed by atoms with Crippen LogP contribution in [0.15, 0.2) is 18.2 Å². The summed E-state index contributed by atoms with van der Waals surface area (Å²) in [6.45, 7) is 0. The smallest absolute Gasteiger partial charge is 0.357 e. The Morgan fingerprint density at radius 3 is 2.27 bits per heavy atom. The predicted octanol–water partition coefficient (Wildman–Crippen LogP) is 3.70. The van der Waals surface area contributed by atoms with E-state index in [0.29, 0.717) is 12.1 Å². The molecule has 0 radical (unpaired) electrons. The van der Waals surface area contributed by atoms with Crippen LogP contribution >= 0.6 is 0 Å². The molecule has 0 amide bonds. The number of nitrogens with one attached hydrogen (secondary N) is 2. The molecular weight excluding hydrogens is 314 g/mol. The van der Waals surface area contributed by atoms with Gasteiger partial charge in [0.05, 0.1) is 5.69 Å². The molecule has 1 heterocycles. The van der Waals surface area contributed by atoms with Gasteiger partial charge in [-0.25, -0.2) is 18.2 Å². The number of halogens is 6. The van der Waals surface area contributed by atoms with Crippen molar-refractivity contribution in [3.63, 3.8) is 0 Å². The normalized spacial score (nSPS) is 11.4. The number of alkyl halides is 3. The Hall–Kier alpha value is -2.52. The second-order valence-electron chi connectivity index (χ2n) is 4.06. The number of nitrogens with zero attached hydrogens (tertiary/aromatic N) is 2. The van der Waals surface area contributed by atoms with Gasteiger partial charge >= 0.3 is 6.18 Å². The average molecular weight is 322 g/mol. The summed E-state index contributed by atoms with van der Waals surface area (Å²) in [6, 6.07) is 1.98. The highest BCUT2D eigenvalue weighted by molar-refractivity contribution is 5.58. The predicted molar refractivity (Wildman–Crippen MR) is 66.2 cm³/mol. The molecule has 0 bridgehead atoms. The van der Waals surface area contributed by atoms with Crippen LogP contribution in [0.2, 0.25) is 0 Å². The fourth-order valence-electron chi connectivity index (χ4n) is 1.53. The number of hydrogen-bond donors (Lipinski definition) is 2. The molecule has 0 aliphatic carbocycles. The van der Waals surface area contributed by atoms with E-state index in [1.807, 2.05) is 0 Å². The molecule has 0 saturated carbocycles. The summed E-state index contributed by atoms with van der Waals surface area (Å²) in [6.07, 6.45) is -4.75. The number of anilines is 3. The lowest BCUT2D eigenvalue weighted by Crippen LogP contribution is -2.12. The lowest BCUT2D eigenvalue weighted by Gasteiger charge is -2.12. The minimum atomic E-state index is -4.75. The maximum absolute atomic E-state index is 13.5. The summed E-state index contributed by atoms with van der Waals surface area (Å²) in [4.78, 5) is 6.84. The van der Waals surface area contributed by atoms with Gasteiger partial charge in [0.2, 0.25) is 5.95 Å². The van der Waals surface area contributed by atoms with Crippen molar-refractivity contribution in [3.05, 3.63) is 41.3 Å².